The van der Waals surface area contributed by atoms with Crippen LogP contribution in [0.1, 0.15) is 16.7 Å². The molecule has 2 N–H and O–H groups in total. The standard InChI is InChI=1S/C15H13BF4O3/c17-14-7-10(5-6-13(14)16(21)22)8-23-9-11-3-1-2-4-12(11)15(18,19)20/h1-7,21-22H,8-9H2. The quantitative estimate of drug-likeness (QED) is 0.654. The molecule has 0 saturated carbocycles. The third kappa shape index (κ3) is 4.54. The number of ether oxygens (including phenoxy) is 1. The van der Waals surface area contributed by atoms with Gasteiger partial charge in [0.25, 0.3) is 0 Å². The molecule has 0 radical (unpaired) electrons. The number of hydrogen-bond acceptors (Lipinski definition) is 3. The molecule has 2 aromatic rings. The van der Waals surface area contributed by atoms with E-state index in [1.165, 1.54) is 30.3 Å². The summed E-state index contributed by atoms with van der Waals surface area (Å²) in [7, 11) is -1.93. The summed E-state index contributed by atoms with van der Waals surface area (Å²) >= 11 is 0. The molecule has 0 heterocycles. The third-order valence-electron chi connectivity index (χ3n) is 3.19. The zero-order valence-electron chi connectivity index (χ0n) is 11.8. The molecular formula is C15H13BF4O3. The second-order valence-electron chi connectivity index (χ2n) is 4.88. The highest BCUT2D eigenvalue weighted by Crippen LogP contribution is 2.32. The van der Waals surface area contributed by atoms with Crippen LogP contribution in [0.15, 0.2) is 42.5 Å². The molecule has 0 spiro atoms. The van der Waals surface area contributed by atoms with Gasteiger partial charge in [-0.15, -0.1) is 0 Å². The van der Waals surface area contributed by atoms with E-state index in [1.807, 2.05) is 0 Å². The van der Waals surface area contributed by atoms with E-state index in [1.54, 1.807) is 0 Å². The Morgan fingerprint density at radius 1 is 1.00 bits per heavy atom. The van der Waals surface area contributed by atoms with E-state index in [-0.39, 0.29) is 24.2 Å². The van der Waals surface area contributed by atoms with Crippen LogP contribution in [0.2, 0.25) is 0 Å². The molecule has 122 valence electrons. The number of halogens is 4. The summed E-state index contributed by atoms with van der Waals surface area (Å²) < 4.78 is 57.2. The van der Waals surface area contributed by atoms with Crippen LogP contribution in [0.3, 0.4) is 0 Å². The lowest BCUT2D eigenvalue weighted by atomic mass is 9.79. The van der Waals surface area contributed by atoms with Crippen LogP contribution < -0.4 is 5.46 Å². The van der Waals surface area contributed by atoms with E-state index in [9.17, 15) is 17.6 Å². The van der Waals surface area contributed by atoms with Gasteiger partial charge in [0, 0.05) is 5.46 Å². The van der Waals surface area contributed by atoms with Crippen molar-refractivity contribution in [3.63, 3.8) is 0 Å². The van der Waals surface area contributed by atoms with Gasteiger partial charge in [0.2, 0.25) is 0 Å². The van der Waals surface area contributed by atoms with E-state index in [0.717, 1.165) is 12.1 Å². The van der Waals surface area contributed by atoms with E-state index >= 15 is 0 Å². The van der Waals surface area contributed by atoms with Crippen molar-refractivity contribution < 1.29 is 32.3 Å². The zero-order chi connectivity index (χ0) is 17.0. The molecule has 0 aliphatic rings. The van der Waals surface area contributed by atoms with Gasteiger partial charge in [-0.05, 0) is 23.3 Å². The largest absolute Gasteiger partial charge is 0.491 e. The van der Waals surface area contributed by atoms with Crippen LogP contribution in [0.5, 0.6) is 0 Å². The van der Waals surface area contributed by atoms with Crippen LogP contribution in [-0.2, 0) is 24.1 Å². The van der Waals surface area contributed by atoms with E-state index in [0.29, 0.717) is 5.56 Å². The molecule has 0 fully saturated rings. The fourth-order valence-electron chi connectivity index (χ4n) is 2.07. The molecule has 0 aliphatic heterocycles. The molecule has 0 amide bonds. The first kappa shape index (κ1) is 17.5. The van der Waals surface area contributed by atoms with Gasteiger partial charge in [-0.1, -0.05) is 30.3 Å². The maximum atomic E-state index is 13.5. The second kappa shape index (κ2) is 7.12. The van der Waals surface area contributed by atoms with Gasteiger partial charge in [0.05, 0.1) is 18.8 Å². The van der Waals surface area contributed by atoms with Gasteiger partial charge < -0.3 is 14.8 Å². The van der Waals surface area contributed by atoms with Crippen LogP contribution in [0.4, 0.5) is 17.6 Å². The second-order valence-corrected chi connectivity index (χ2v) is 4.88. The number of alkyl halides is 3. The average molecular weight is 328 g/mol. The minimum Gasteiger partial charge on any atom is -0.423 e. The number of benzene rings is 2. The van der Waals surface area contributed by atoms with Gasteiger partial charge in [0.15, 0.2) is 0 Å². The average Bonchev–Trinajstić information content (AvgIpc) is 2.46. The smallest absolute Gasteiger partial charge is 0.423 e. The molecule has 2 rings (SSSR count). The van der Waals surface area contributed by atoms with Crippen molar-refractivity contribution in [1.82, 2.24) is 0 Å². The topological polar surface area (TPSA) is 49.7 Å². The van der Waals surface area contributed by atoms with Gasteiger partial charge in [-0.25, -0.2) is 4.39 Å². The summed E-state index contributed by atoms with van der Waals surface area (Å²) in [5.41, 5.74) is -0.694. The summed E-state index contributed by atoms with van der Waals surface area (Å²) in [5, 5.41) is 17.8. The van der Waals surface area contributed by atoms with E-state index in [2.05, 4.69) is 0 Å². The Balaban J connectivity index is 2.02. The molecule has 0 aliphatic carbocycles. The predicted octanol–water partition coefficient (Wildman–Crippen LogP) is 2.24. The van der Waals surface area contributed by atoms with Crippen LogP contribution >= 0.6 is 0 Å². The monoisotopic (exact) mass is 328 g/mol. The van der Waals surface area contributed by atoms with Gasteiger partial charge in [0.1, 0.15) is 5.82 Å². The van der Waals surface area contributed by atoms with Gasteiger partial charge in [-0.2, -0.15) is 13.2 Å². The molecular weight excluding hydrogens is 315 g/mol. The Bertz CT molecular complexity index is 674. The zero-order valence-corrected chi connectivity index (χ0v) is 11.8. The van der Waals surface area contributed by atoms with Crippen molar-refractivity contribution in [2.75, 3.05) is 0 Å². The Labute approximate surface area is 130 Å². The van der Waals surface area contributed by atoms with Crippen molar-refractivity contribution in [1.29, 1.82) is 0 Å². The molecule has 0 bridgehead atoms. The summed E-state index contributed by atoms with van der Waals surface area (Å²) in [6.45, 7) is -0.382. The van der Waals surface area contributed by atoms with Crippen molar-refractivity contribution in [2.24, 2.45) is 0 Å². The molecule has 2 aromatic carbocycles. The number of hydrogen-bond donors (Lipinski definition) is 2. The Morgan fingerprint density at radius 2 is 1.70 bits per heavy atom. The van der Waals surface area contributed by atoms with Crippen LogP contribution in [-0.4, -0.2) is 17.2 Å². The Kier molecular flexibility index (Phi) is 5.40. The van der Waals surface area contributed by atoms with Crippen LogP contribution in [0.25, 0.3) is 0 Å². The summed E-state index contributed by atoms with van der Waals surface area (Å²) in [6.07, 6.45) is -4.47. The lowest BCUT2D eigenvalue weighted by Crippen LogP contribution is -2.32. The molecule has 0 unspecified atom stereocenters. The molecule has 0 saturated heterocycles. The fourth-order valence-corrected chi connectivity index (χ4v) is 2.07. The first-order valence-electron chi connectivity index (χ1n) is 6.66. The third-order valence-corrected chi connectivity index (χ3v) is 3.19. The van der Waals surface area contributed by atoms with Gasteiger partial charge >= 0.3 is 13.3 Å². The Morgan fingerprint density at radius 3 is 2.30 bits per heavy atom. The van der Waals surface area contributed by atoms with Crippen molar-refractivity contribution >= 4 is 12.6 Å². The van der Waals surface area contributed by atoms with Crippen molar-refractivity contribution in [2.45, 2.75) is 19.4 Å². The highest BCUT2D eigenvalue weighted by molar-refractivity contribution is 6.58. The Hall–Kier alpha value is -1.90. The maximum absolute atomic E-state index is 13.5. The SMILES string of the molecule is OB(O)c1ccc(COCc2ccccc2C(F)(F)F)cc1F. The highest BCUT2D eigenvalue weighted by Gasteiger charge is 2.32. The summed E-state index contributed by atoms with van der Waals surface area (Å²) in [6, 6.07) is 8.69. The minimum absolute atomic E-state index is 0.0112. The van der Waals surface area contributed by atoms with Gasteiger partial charge in [-0.3, -0.25) is 0 Å². The maximum Gasteiger partial charge on any atom is 0.491 e. The predicted molar refractivity (Wildman–Crippen MR) is 76.2 cm³/mol. The lowest BCUT2D eigenvalue weighted by Gasteiger charge is -2.13. The molecule has 23 heavy (non-hydrogen) atoms. The molecule has 0 atom stereocenters. The molecule has 3 nitrogen and oxygen atoms in total. The fraction of sp³-hybridized carbons (Fsp3) is 0.200. The highest BCUT2D eigenvalue weighted by atomic mass is 19.4. The van der Waals surface area contributed by atoms with Crippen molar-refractivity contribution in [3.05, 3.63) is 65.0 Å². The normalized spacial score (nSPS) is 11.6. The van der Waals surface area contributed by atoms with Crippen molar-refractivity contribution in [3.8, 4) is 0 Å². The van der Waals surface area contributed by atoms with E-state index in [4.69, 9.17) is 14.8 Å². The lowest BCUT2D eigenvalue weighted by molar-refractivity contribution is -0.138. The first-order chi connectivity index (χ1) is 10.8. The van der Waals surface area contributed by atoms with Crippen LogP contribution in [0, 0.1) is 5.82 Å². The summed E-state index contributed by atoms with van der Waals surface area (Å²) in [5.74, 6) is -0.822. The number of rotatable bonds is 5. The molecule has 8 heteroatoms. The first-order valence-corrected chi connectivity index (χ1v) is 6.66. The van der Waals surface area contributed by atoms with E-state index < -0.39 is 24.7 Å². The minimum atomic E-state index is -4.47. The molecule has 0 aromatic heterocycles. The summed E-state index contributed by atoms with van der Waals surface area (Å²) in [4.78, 5) is 0.